The smallest absolute Gasteiger partial charge is 0.194 e. The fourth-order valence-corrected chi connectivity index (χ4v) is 10.4. The molecule has 228 valence electrons. The molecular weight excluding hydrogens is 571 g/mol. The molecule has 4 fully saturated rings. The van der Waals surface area contributed by atoms with Crippen LogP contribution in [0.5, 0.6) is 0 Å². The molecule has 9 atom stereocenters. The van der Waals surface area contributed by atoms with Crippen LogP contribution in [-0.2, 0) is 32.1 Å². The van der Waals surface area contributed by atoms with Crippen molar-refractivity contribution in [1.82, 2.24) is 0 Å². The van der Waals surface area contributed by atoms with Gasteiger partial charge < -0.3 is 24.8 Å². The second-order valence-electron chi connectivity index (χ2n) is 13.4. The van der Waals surface area contributed by atoms with E-state index < -0.39 is 58.9 Å². The van der Waals surface area contributed by atoms with Gasteiger partial charge in [-0.1, -0.05) is 42.8 Å². The highest BCUT2D eigenvalue weighted by Gasteiger charge is 2.79. The number of hydrogen-bond donors (Lipinski definition) is 3. The Morgan fingerprint density at radius 2 is 1.93 bits per heavy atom. The van der Waals surface area contributed by atoms with Crippen LogP contribution in [0.1, 0.15) is 66.7 Å². The number of hydrogen-bond acceptors (Lipinski definition) is 8. The molecule has 1 aromatic heterocycles. The lowest BCUT2D eigenvalue weighted by atomic mass is 9.44. The van der Waals surface area contributed by atoms with Crippen LogP contribution in [0.2, 0.25) is 0 Å². The monoisotopic (exact) mass is 608 g/mol. The summed E-state index contributed by atoms with van der Waals surface area (Å²) in [5.74, 6) is -1.61. The van der Waals surface area contributed by atoms with Gasteiger partial charge in [-0.05, 0) is 73.9 Å². The van der Waals surface area contributed by atoms with Crippen LogP contribution in [0.3, 0.4) is 0 Å². The second kappa shape index (κ2) is 9.99. The molecular formula is C34H37FO7S. The summed E-state index contributed by atoms with van der Waals surface area (Å²) in [6.45, 7) is 2.88. The molecule has 43 heavy (non-hydrogen) atoms. The maximum atomic E-state index is 17.5. The molecule has 0 radical (unpaired) electrons. The highest BCUT2D eigenvalue weighted by atomic mass is 32.1. The van der Waals surface area contributed by atoms with Gasteiger partial charge >= 0.3 is 0 Å². The molecule has 0 spiro atoms. The van der Waals surface area contributed by atoms with Crippen LogP contribution in [0, 0.1) is 22.7 Å². The van der Waals surface area contributed by atoms with Crippen molar-refractivity contribution in [2.75, 3.05) is 6.61 Å². The molecule has 0 bridgehead atoms. The topological polar surface area (TPSA) is 113 Å². The summed E-state index contributed by atoms with van der Waals surface area (Å²) in [7, 11) is 0. The number of ketones is 2. The first kappa shape index (κ1) is 29.2. The first-order valence-electron chi connectivity index (χ1n) is 15.1. The van der Waals surface area contributed by atoms with Gasteiger partial charge in [-0.25, -0.2) is 4.39 Å². The third-order valence-corrected chi connectivity index (χ3v) is 12.5. The van der Waals surface area contributed by atoms with Gasteiger partial charge in [0.25, 0.3) is 0 Å². The van der Waals surface area contributed by atoms with Crippen molar-refractivity contribution in [2.45, 2.75) is 82.3 Å². The van der Waals surface area contributed by atoms with Crippen molar-refractivity contribution >= 4 is 22.9 Å². The number of fused-ring (bicyclic) bond motifs is 7. The number of alkyl halides is 1. The van der Waals surface area contributed by atoms with Gasteiger partial charge in [-0.2, -0.15) is 0 Å². The Balaban J connectivity index is 1.20. The van der Waals surface area contributed by atoms with E-state index in [2.05, 4.69) is 0 Å². The molecule has 2 aromatic rings. The highest BCUT2D eigenvalue weighted by molar-refractivity contribution is 7.12. The minimum Gasteiger partial charge on any atom is -0.392 e. The zero-order chi connectivity index (χ0) is 30.4. The number of Topliss-reactive ketones (excluding diaryl/α,β-unsaturated/α-hetero) is 1. The largest absolute Gasteiger partial charge is 0.392 e. The van der Waals surface area contributed by atoms with Crippen molar-refractivity contribution in [2.24, 2.45) is 22.7 Å². The Kier molecular flexibility index (Phi) is 6.78. The number of halogens is 1. The van der Waals surface area contributed by atoms with E-state index in [1.54, 1.807) is 13.0 Å². The highest BCUT2D eigenvalue weighted by Crippen LogP contribution is 2.72. The molecule has 7 rings (SSSR count). The Morgan fingerprint density at radius 1 is 1.14 bits per heavy atom. The lowest BCUT2D eigenvalue weighted by Gasteiger charge is -2.62. The Morgan fingerprint density at radius 3 is 2.70 bits per heavy atom. The second-order valence-corrected chi connectivity index (χ2v) is 14.6. The first-order valence-corrected chi connectivity index (χ1v) is 15.9. The third-order valence-electron chi connectivity index (χ3n) is 11.4. The Hall–Kier alpha value is -2.53. The fraction of sp³-hybridized carbons (Fsp3) is 0.529. The minimum atomic E-state index is -2.03. The predicted molar refractivity (Wildman–Crippen MR) is 157 cm³/mol. The van der Waals surface area contributed by atoms with Crippen LogP contribution in [0.25, 0.3) is 0 Å². The molecule has 3 saturated carbocycles. The van der Waals surface area contributed by atoms with Crippen molar-refractivity contribution in [3.8, 4) is 0 Å². The average Bonchev–Trinajstić information content (AvgIpc) is 3.67. The number of carbonyl (C=O) groups is 2. The van der Waals surface area contributed by atoms with E-state index in [0.29, 0.717) is 31.3 Å². The van der Waals surface area contributed by atoms with Crippen molar-refractivity contribution in [3.63, 3.8) is 0 Å². The van der Waals surface area contributed by atoms with Crippen molar-refractivity contribution in [3.05, 3.63) is 81.1 Å². The SMILES string of the molecule is C[C@]12C=CC(=O)C=C1CC[C@H]1[C@@H]3C[C@H]4O[C@@H](c5ccc(Cc6cccc(CO)c6)s5)O[C@@]4(C(=O)CO)[C@@]3(C)C[C@H](O)[C@@]12F. The van der Waals surface area contributed by atoms with Gasteiger partial charge in [0.05, 0.1) is 23.7 Å². The number of carbonyl (C=O) groups excluding carboxylic acids is 2. The molecule has 7 nitrogen and oxygen atoms in total. The third kappa shape index (κ3) is 3.88. The predicted octanol–water partition coefficient (Wildman–Crippen LogP) is 4.53. The molecule has 1 aromatic carbocycles. The zero-order valence-corrected chi connectivity index (χ0v) is 25.1. The number of allylic oxidation sites excluding steroid dienone is 4. The van der Waals surface area contributed by atoms with Crippen LogP contribution in [-0.4, -0.2) is 57.0 Å². The zero-order valence-electron chi connectivity index (χ0n) is 24.3. The van der Waals surface area contributed by atoms with E-state index in [-0.39, 0.29) is 24.7 Å². The summed E-state index contributed by atoms with van der Waals surface area (Å²) in [6.07, 6.45) is 3.51. The van der Waals surface area contributed by atoms with E-state index in [0.717, 1.165) is 20.9 Å². The summed E-state index contributed by atoms with van der Waals surface area (Å²) in [4.78, 5) is 27.7. The molecule has 5 aliphatic rings. The molecule has 3 N–H and O–H groups in total. The van der Waals surface area contributed by atoms with Gasteiger partial charge in [-0.15, -0.1) is 11.3 Å². The van der Waals surface area contributed by atoms with Gasteiger partial charge in [0.1, 0.15) is 6.61 Å². The first-order chi connectivity index (χ1) is 20.5. The molecule has 4 aliphatic carbocycles. The Bertz CT molecular complexity index is 1550. The lowest BCUT2D eigenvalue weighted by Crippen LogP contribution is -2.69. The molecule has 0 amide bonds. The standard InChI is InChI=1S/C34H37FO7S/c1-31-11-10-22(38)14-21(31)6-8-24-25-15-29-34(28(40)18-37,32(25,2)16-27(39)33(24,31)35)42-30(41-29)26-9-7-23(43-26)13-19-4-3-5-20(12-19)17-36/h3-5,7,9-12,14,24-25,27,29-30,36-37,39H,6,8,13,15-18H2,1-2H3/t24-,25-,27-,29+,30+,31-,32-,33-,34+/m0/s1. The van der Waals surface area contributed by atoms with E-state index >= 15 is 4.39 Å². The summed E-state index contributed by atoms with van der Waals surface area (Å²) in [5, 5.41) is 31.4. The average molecular weight is 609 g/mol. The van der Waals surface area contributed by atoms with Crippen molar-refractivity contribution < 1.29 is 38.8 Å². The molecule has 0 unspecified atom stereocenters. The molecule has 1 saturated heterocycles. The van der Waals surface area contributed by atoms with Gasteiger partial charge in [0.2, 0.25) is 0 Å². The summed E-state index contributed by atoms with van der Waals surface area (Å²) >= 11 is 1.52. The minimum absolute atomic E-state index is 0.0258. The Labute approximate surface area is 254 Å². The lowest BCUT2D eigenvalue weighted by molar-refractivity contribution is -0.231. The maximum absolute atomic E-state index is 17.5. The number of thiophene rings is 1. The summed E-state index contributed by atoms with van der Waals surface area (Å²) < 4.78 is 30.7. The van der Waals surface area contributed by atoms with Crippen LogP contribution >= 0.6 is 11.3 Å². The van der Waals surface area contributed by atoms with E-state index in [4.69, 9.17) is 9.47 Å². The van der Waals surface area contributed by atoms with E-state index in [9.17, 15) is 24.9 Å². The number of aliphatic hydroxyl groups is 3. The maximum Gasteiger partial charge on any atom is 0.194 e. The normalized spacial score (nSPS) is 41.3. The number of benzene rings is 1. The quantitative estimate of drug-likeness (QED) is 0.442. The summed E-state index contributed by atoms with van der Waals surface area (Å²) in [6, 6.07) is 11.7. The molecule has 2 heterocycles. The molecule has 1 aliphatic heterocycles. The number of ether oxygens (including phenoxy) is 2. The van der Waals surface area contributed by atoms with Crippen LogP contribution < -0.4 is 0 Å². The van der Waals surface area contributed by atoms with Crippen LogP contribution in [0.4, 0.5) is 4.39 Å². The summed E-state index contributed by atoms with van der Waals surface area (Å²) in [5.41, 5.74) is -3.08. The fourth-order valence-electron chi connectivity index (χ4n) is 9.36. The van der Waals surface area contributed by atoms with Crippen molar-refractivity contribution in [1.29, 1.82) is 0 Å². The van der Waals surface area contributed by atoms with Gasteiger partial charge in [0.15, 0.2) is 29.1 Å². The van der Waals surface area contributed by atoms with Gasteiger partial charge in [-0.3, -0.25) is 9.59 Å². The van der Waals surface area contributed by atoms with Crippen LogP contribution in [0.15, 0.2) is 60.2 Å². The number of aliphatic hydroxyl groups excluding tert-OH is 3. The van der Waals surface area contributed by atoms with E-state index in [1.165, 1.54) is 23.5 Å². The van der Waals surface area contributed by atoms with E-state index in [1.807, 2.05) is 43.3 Å². The van der Waals surface area contributed by atoms with Gasteiger partial charge in [0, 0.05) is 28.0 Å². The number of rotatable bonds is 6. The molecule has 9 heteroatoms.